The second kappa shape index (κ2) is 2.29. The molecule has 0 radical (unpaired) electrons. The van der Waals surface area contributed by atoms with E-state index in [1.165, 1.54) is 6.08 Å². The van der Waals surface area contributed by atoms with Gasteiger partial charge < -0.3 is 4.57 Å². The van der Waals surface area contributed by atoms with E-state index in [4.69, 9.17) is 0 Å². The maximum absolute atomic E-state index is 9.68. The average molecular weight is 122 g/mol. The van der Waals surface area contributed by atoms with E-state index in [0.29, 0.717) is 5.69 Å². The Balaban J connectivity index is 2.97. The minimum atomic E-state index is 0.646. The first-order chi connectivity index (χ1) is 4.33. The molecule has 9 heavy (non-hydrogen) atoms. The van der Waals surface area contributed by atoms with Crippen molar-refractivity contribution in [2.75, 3.05) is 0 Å². The van der Waals surface area contributed by atoms with Crippen molar-refractivity contribution >= 4 is 11.8 Å². The predicted molar refractivity (Wildman–Crippen MR) is 33.2 cm³/mol. The molecule has 0 saturated heterocycles. The topological polar surface area (TPSA) is 34.4 Å². The third-order valence-corrected chi connectivity index (χ3v) is 0.991. The van der Waals surface area contributed by atoms with E-state index in [1.54, 1.807) is 12.3 Å². The summed E-state index contributed by atoms with van der Waals surface area (Å²) in [7, 11) is 1.86. The predicted octanol–water partition coefficient (Wildman–Crippen LogP) is 0.992. The van der Waals surface area contributed by atoms with Gasteiger partial charge in [-0.2, -0.15) is 4.99 Å². The van der Waals surface area contributed by atoms with Gasteiger partial charge in [-0.3, -0.25) is 0 Å². The summed E-state index contributed by atoms with van der Waals surface area (Å²) < 4.78 is 1.82. The Labute approximate surface area is 52.6 Å². The molecule has 0 N–H and O–H groups in total. The van der Waals surface area contributed by atoms with Gasteiger partial charge in [0.15, 0.2) is 0 Å². The van der Waals surface area contributed by atoms with Crippen molar-refractivity contribution in [2.24, 2.45) is 12.0 Å². The highest BCUT2D eigenvalue weighted by Gasteiger charge is 1.86. The Hall–Kier alpha value is -1.34. The summed E-state index contributed by atoms with van der Waals surface area (Å²) in [6.45, 7) is 0. The second-order valence-corrected chi connectivity index (χ2v) is 1.74. The van der Waals surface area contributed by atoms with Gasteiger partial charge in [0.05, 0.1) is 5.69 Å². The molecule has 0 aromatic carbocycles. The van der Waals surface area contributed by atoms with Crippen molar-refractivity contribution in [1.29, 1.82) is 0 Å². The Morgan fingerprint density at radius 1 is 1.78 bits per heavy atom. The molecule has 0 aliphatic rings. The molecular formula is C6H6N2O. The first kappa shape index (κ1) is 5.79. The largest absolute Gasteiger partial charge is 0.355 e. The van der Waals surface area contributed by atoms with Crippen LogP contribution >= 0.6 is 0 Å². The average Bonchev–Trinajstić information content (AvgIpc) is 2.17. The number of rotatable bonds is 1. The lowest BCUT2D eigenvalue weighted by Crippen LogP contribution is -1.75. The van der Waals surface area contributed by atoms with Crippen LogP contribution in [0.3, 0.4) is 0 Å². The number of aliphatic imine (C=N–C) groups is 1. The number of hydrogen-bond acceptors (Lipinski definition) is 2. The van der Waals surface area contributed by atoms with Crippen molar-refractivity contribution < 1.29 is 4.79 Å². The number of hydrogen-bond donors (Lipinski definition) is 0. The zero-order chi connectivity index (χ0) is 6.69. The van der Waals surface area contributed by atoms with Gasteiger partial charge in [-0.15, -0.1) is 0 Å². The first-order valence-electron chi connectivity index (χ1n) is 2.53. The lowest BCUT2D eigenvalue weighted by Gasteiger charge is -1.80. The summed E-state index contributed by atoms with van der Waals surface area (Å²) in [5.41, 5.74) is 0.646. The lowest BCUT2D eigenvalue weighted by molar-refractivity contribution is 0.565. The van der Waals surface area contributed by atoms with Crippen molar-refractivity contribution in [3.8, 4) is 0 Å². The van der Waals surface area contributed by atoms with Gasteiger partial charge in [-0.1, -0.05) is 0 Å². The lowest BCUT2D eigenvalue weighted by atomic mass is 10.6. The van der Waals surface area contributed by atoms with Gasteiger partial charge in [0.25, 0.3) is 0 Å². The molecular weight excluding hydrogens is 116 g/mol. The van der Waals surface area contributed by atoms with Crippen LogP contribution in [0.5, 0.6) is 0 Å². The Kier molecular flexibility index (Phi) is 1.47. The molecule has 0 unspecified atom stereocenters. The molecule has 0 bridgehead atoms. The smallest absolute Gasteiger partial charge is 0.240 e. The van der Waals surface area contributed by atoms with Crippen LogP contribution in [0.4, 0.5) is 5.69 Å². The van der Waals surface area contributed by atoms with E-state index < -0.39 is 0 Å². The molecule has 0 spiro atoms. The molecule has 0 saturated carbocycles. The van der Waals surface area contributed by atoms with Crippen LogP contribution in [0, 0.1) is 0 Å². The van der Waals surface area contributed by atoms with Gasteiger partial charge in [-0.05, 0) is 6.07 Å². The monoisotopic (exact) mass is 122 g/mol. The summed E-state index contributed by atoms with van der Waals surface area (Å²) in [4.78, 5) is 13.1. The van der Waals surface area contributed by atoms with E-state index in [2.05, 4.69) is 4.99 Å². The third kappa shape index (κ3) is 1.27. The number of aromatic nitrogens is 1. The second-order valence-electron chi connectivity index (χ2n) is 1.74. The van der Waals surface area contributed by atoms with Crippen LogP contribution in [-0.4, -0.2) is 10.6 Å². The van der Waals surface area contributed by atoms with Crippen LogP contribution in [-0.2, 0) is 11.8 Å². The van der Waals surface area contributed by atoms with Gasteiger partial charge >= 0.3 is 0 Å². The minimum absolute atomic E-state index is 0.646. The molecule has 0 aliphatic carbocycles. The number of carbonyl (C=O) groups excluding carboxylic acids is 1. The van der Waals surface area contributed by atoms with E-state index in [0.717, 1.165) is 0 Å². The maximum Gasteiger partial charge on any atom is 0.240 e. The zero-order valence-electron chi connectivity index (χ0n) is 5.03. The fraction of sp³-hybridized carbons (Fsp3) is 0.167. The molecule has 46 valence electrons. The SMILES string of the molecule is Cn1ccc(N=C=O)c1. The molecule has 0 aliphatic heterocycles. The summed E-state index contributed by atoms with van der Waals surface area (Å²) in [6.07, 6.45) is 5.02. The van der Waals surface area contributed by atoms with Gasteiger partial charge in [0.1, 0.15) is 0 Å². The summed E-state index contributed by atoms with van der Waals surface area (Å²) in [6, 6.07) is 1.74. The Morgan fingerprint density at radius 2 is 2.56 bits per heavy atom. The highest BCUT2D eigenvalue weighted by molar-refractivity contribution is 5.47. The standard InChI is InChI=1S/C6H6N2O/c1-8-3-2-6(4-8)7-5-9/h2-4H,1H3. The van der Waals surface area contributed by atoms with Crippen molar-refractivity contribution in [2.45, 2.75) is 0 Å². The third-order valence-electron chi connectivity index (χ3n) is 0.991. The van der Waals surface area contributed by atoms with Crippen molar-refractivity contribution in [3.05, 3.63) is 18.5 Å². The number of aryl methyl sites for hydroxylation is 1. The fourth-order valence-electron chi connectivity index (χ4n) is 0.607. The molecule has 0 fully saturated rings. The minimum Gasteiger partial charge on any atom is -0.355 e. The molecule has 0 atom stereocenters. The molecule has 3 heteroatoms. The van der Waals surface area contributed by atoms with E-state index >= 15 is 0 Å². The number of nitrogens with zero attached hydrogens (tertiary/aromatic N) is 2. The summed E-state index contributed by atoms with van der Waals surface area (Å²) in [5, 5.41) is 0. The molecule has 1 heterocycles. The normalized spacial score (nSPS) is 8.56. The van der Waals surface area contributed by atoms with Crippen molar-refractivity contribution in [1.82, 2.24) is 4.57 Å². The first-order valence-corrected chi connectivity index (χ1v) is 2.53. The summed E-state index contributed by atoms with van der Waals surface area (Å²) >= 11 is 0. The van der Waals surface area contributed by atoms with Crippen LogP contribution in [0.2, 0.25) is 0 Å². The van der Waals surface area contributed by atoms with Crippen molar-refractivity contribution in [3.63, 3.8) is 0 Å². The van der Waals surface area contributed by atoms with Crippen LogP contribution < -0.4 is 0 Å². The molecule has 1 aromatic heterocycles. The van der Waals surface area contributed by atoms with Crippen LogP contribution in [0.15, 0.2) is 23.5 Å². The Bertz CT molecular complexity index is 245. The number of isocyanates is 1. The van der Waals surface area contributed by atoms with Gasteiger partial charge in [0.2, 0.25) is 6.08 Å². The maximum atomic E-state index is 9.68. The fourth-order valence-corrected chi connectivity index (χ4v) is 0.607. The van der Waals surface area contributed by atoms with Gasteiger partial charge in [0, 0.05) is 19.4 Å². The zero-order valence-corrected chi connectivity index (χ0v) is 5.03. The van der Waals surface area contributed by atoms with E-state index in [9.17, 15) is 4.79 Å². The van der Waals surface area contributed by atoms with E-state index in [1.807, 2.05) is 17.8 Å². The van der Waals surface area contributed by atoms with Crippen LogP contribution in [0.1, 0.15) is 0 Å². The highest BCUT2D eigenvalue weighted by Crippen LogP contribution is 2.08. The highest BCUT2D eigenvalue weighted by atomic mass is 16.1. The van der Waals surface area contributed by atoms with Crippen LogP contribution in [0.25, 0.3) is 0 Å². The molecule has 3 nitrogen and oxygen atoms in total. The quantitative estimate of drug-likeness (QED) is 0.404. The molecule has 0 amide bonds. The Morgan fingerprint density at radius 3 is 3.00 bits per heavy atom. The molecule has 1 rings (SSSR count). The van der Waals surface area contributed by atoms with E-state index in [-0.39, 0.29) is 0 Å². The molecule has 1 aromatic rings. The van der Waals surface area contributed by atoms with Gasteiger partial charge in [-0.25, -0.2) is 4.79 Å². The summed E-state index contributed by atoms with van der Waals surface area (Å²) in [5.74, 6) is 0.